The van der Waals surface area contributed by atoms with Crippen molar-refractivity contribution in [1.29, 1.82) is 0 Å². The number of hydrogen-bond donors (Lipinski definition) is 1. The highest BCUT2D eigenvalue weighted by molar-refractivity contribution is 4.92. The molecule has 1 aliphatic rings. The smallest absolute Gasteiger partial charge is 0.0331 e. The summed E-state index contributed by atoms with van der Waals surface area (Å²) in [5.41, 5.74) is 6.50. The Morgan fingerprint density at radius 2 is 1.74 bits per heavy atom. The van der Waals surface area contributed by atoms with Gasteiger partial charge in [-0.2, -0.15) is 0 Å². The molecule has 1 atom stereocenters. The first-order valence-corrected chi connectivity index (χ1v) is 8.54. The molecule has 2 N–H and O–H groups in total. The fourth-order valence-electron chi connectivity index (χ4n) is 3.97. The van der Waals surface area contributed by atoms with Crippen LogP contribution in [0.4, 0.5) is 0 Å². The first-order chi connectivity index (χ1) is 9.09. The van der Waals surface area contributed by atoms with Gasteiger partial charge in [0.25, 0.3) is 0 Å². The number of likely N-dealkylation sites (tertiary alicyclic amines) is 1. The minimum absolute atomic E-state index is 0.287. The summed E-state index contributed by atoms with van der Waals surface area (Å²) in [5, 5.41) is 0. The Bertz CT molecular complexity index is 231. The molecule has 2 nitrogen and oxygen atoms in total. The maximum atomic E-state index is 6.21. The van der Waals surface area contributed by atoms with Crippen molar-refractivity contribution in [2.75, 3.05) is 19.6 Å². The fourth-order valence-corrected chi connectivity index (χ4v) is 3.97. The Morgan fingerprint density at radius 1 is 1.11 bits per heavy atom. The van der Waals surface area contributed by atoms with Gasteiger partial charge >= 0.3 is 0 Å². The van der Waals surface area contributed by atoms with Gasteiger partial charge in [-0.05, 0) is 57.0 Å². The highest BCUT2D eigenvalue weighted by atomic mass is 15.2. The predicted molar refractivity (Wildman–Crippen MR) is 85.4 cm³/mol. The lowest BCUT2D eigenvalue weighted by atomic mass is 9.86. The highest BCUT2D eigenvalue weighted by Crippen LogP contribution is 2.32. The molecule has 2 heteroatoms. The molecule has 0 radical (unpaired) electrons. The molecule has 19 heavy (non-hydrogen) atoms. The van der Waals surface area contributed by atoms with Gasteiger partial charge in [-0.1, -0.05) is 40.5 Å². The molecule has 0 amide bonds. The van der Waals surface area contributed by atoms with Gasteiger partial charge in [-0.25, -0.2) is 0 Å². The van der Waals surface area contributed by atoms with Gasteiger partial charge in [0.1, 0.15) is 0 Å². The van der Waals surface area contributed by atoms with Crippen molar-refractivity contribution in [3.63, 3.8) is 0 Å². The summed E-state index contributed by atoms with van der Waals surface area (Å²) in [6.45, 7) is 12.7. The first-order valence-electron chi connectivity index (χ1n) is 8.54. The number of hydrogen-bond acceptors (Lipinski definition) is 2. The first kappa shape index (κ1) is 17.0. The molecule has 1 fully saturated rings. The second-order valence-corrected chi connectivity index (χ2v) is 6.85. The summed E-state index contributed by atoms with van der Waals surface area (Å²) in [7, 11) is 0. The molecular weight excluding hydrogens is 232 g/mol. The van der Waals surface area contributed by atoms with Gasteiger partial charge < -0.3 is 5.73 Å². The van der Waals surface area contributed by atoms with Gasteiger partial charge in [0.15, 0.2) is 0 Å². The third kappa shape index (κ3) is 4.46. The van der Waals surface area contributed by atoms with Gasteiger partial charge in [-0.15, -0.1) is 0 Å². The van der Waals surface area contributed by atoms with Crippen LogP contribution in [0.1, 0.15) is 72.6 Å². The lowest BCUT2D eigenvalue weighted by Crippen LogP contribution is -2.54. The van der Waals surface area contributed by atoms with E-state index in [2.05, 4.69) is 32.6 Å². The zero-order valence-corrected chi connectivity index (χ0v) is 13.8. The fraction of sp³-hybridized carbons (Fsp3) is 1.00. The van der Waals surface area contributed by atoms with Crippen LogP contribution in [0, 0.1) is 11.8 Å². The Morgan fingerprint density at radius 3 is 2.21 bits per heavy atom. The second-order valence-electron chi connectivity index (χ2n) is 6.85. The molecule has 1 heterocycles. The van der Waals surface area contributed by atoms with Crippen molar-refractivity contribution >= 4 is 0 Å². The maximum absolute atomic E-state index is 6.21. The lowest BCUT2D eigenvalue weighted by molar-refractivity contribution is 0.0760. The molecular formula is C17H36N2. The SMILES string of the molecule is CCCC(CN)(CCC)N1CCCC(C(C)C)CC1. The zero-order chi connectivity index (χ0) is 14.3. The second kappa shape index (κ2) is 8.26. The topological polar surface area (TPSA) is 29.3 Å². The van der Waals surface area contributed by atoms with E-state index < -0.39 is 0 Å². The normalized spacial score (nSPS) is 22.7. The highest BCUT2D eigenvalue weighted by Gasteiger charge is 2.35. The minimum atomic E-state index is 0.287. The molecule has 0 aromatic rings. The van der Waals surface area contributed by atoms with Crippen molar-refractivity contribution in [3.05, 3.63) is 0 Å². The summed E-state index contributed by atoms with van der Waals surface area (Å²) in [5.74, 6) is 1.76. The Balaban J connectivity index is 2.73. The van der Waals surface area contributed by atoms with Crippen molar-refractivity contribution in [2.24, 2.45) is 17.6 Å². The summed E-state index contributed by atoms with van der Waals surface area (Å²) in [4.78, 5) is 2.75. The monoisotopic (exact) mass is 268 g/mol. The average Bonchev–Trinajstić information content (AvgIpc) is 2.64. The zero-order valence-electron chi connectivity index (χ0n) is 13.8. The van der Waals surface area contributed by atoms with Gasteiger partial charge in [0, 0.05) is 12.1 Å². The van der Waals surface area contributed by atoms with E-state index in [9.17, 15) is 0 Å². The molecule has 1 aliphatic heterocycles. The molecule has 0 bridgehead atoms. The van der Waals surface area contributed by atoms with E-state index in [0.717, 1.165) is 18.4 Å². The van der Waals surface area contributed by atoms with Crippen LogP contribution in [-0.2, 0) is 0 Å². The van der Waals surface area contributed by atoms with Crippen LogP contribution in [0.2, 0.25) is 0 Å². The largest absolute Gasteiger partial charge is 0.329 e. The van der Waals surface area contributed by atoms with Gasteiger partial charge in [0.2, 0.25) is 0 Å². The van der Waals surface area contributed by atoms with Crippen molar-refractivity contribution in [3.8, 4) is 0 Å². The molecule has 1 rings (SSSR count). The predicted octanol–water partition coefficient (Wildman–Crippen LogP) is 4.04. The van der Waals surface area contributed by atoms with E-state index in [1.165, 1.54) is 58.0 Å². The van der Waals surface area contributed by atoms with Crippen molar-refractivity contribution in [2.45, 2.75) is 78.2 Å². The quantitative estimate of drug-likeness (QED) is 0.755. The third-order valence-electron chi connectivity index (χ3n) is 5.20. The summed E-state index contributed by atoms with van der Waals surface area (Å²) >= 11 is 0. The van der Waals surface area contributed by atoms with E-state index in [1.807, 2.05) is 0 Å². The van der Waals surface area contributed by atoms with Crippen LogP contribution < -0.4 is 5.73 Å². The van der Waals surface area contributed by atoms with Crippen LogP contribution in [0.25, 0.3) is 0 Å². The summed E-state index contributed by atoms with van der Waals surface area (Å²) in [6.07, 6.45) is 9.17. The standard InChI is InChI=1S/C17H36N2/c1-5-10-17(14-18,11-6-2)19-12-7-8-16(9-13-19)15(3)4/h15-16H,5-14,18H2,1-4H3. The lowest BCUT2D eigenvalue weighted by Gasteiger charge is -2.43. The van der Waals surface area contributed by atoms with Crippen LogP contribution in [-0.4, -0.2) is 30.1 Å². The molecule has 1 unspecified atom stereocenters. The molecule has 114 valence electrons. The van der Waals surface area contributed by atoms with Crippen LogP contribution in [0.5, 0.6) is 0 Å². The van der Waals surface area contributed by atoms with E-state index >= 15 is 0 Å². The minimum Gasteiger partial charge on any atom is -0.329 e. The van der Waals surface area contributed by atoms with Crippen LogP contribution in [0.15, 0.2) is 0 Å². The van der Waals surface area contributed by atoms with Crippen molar-refractivity contribution < 1.29 is 0 Å². The molecule has 0 aromatic carbocycles. The van der Waals surface area contributed by atoms with E-state index in [4.69, 9.17) is 5.73 Å². The summed E-state index contributed by atoms with van der Waals surface area (Å²) in [6, 6.07) is 0. The molecule has 0 aliphatic carbocycles. The molecule has 0 saturated carbocycles. The van der Waals surface area contributed by atoms with E-state index in [-0.39, 0.29) is 5.54 Å². The number of nitrogens with zero attached hydrogens (tertiary/aromatic N) is 1. The third-order valence-corrected chi connectivity index (χ3v) is 5.20. The molecule has 1 saturated heterocycles. The van der Waals surface area contributed by atoms with Crippen LogP contribution in [0.3, 0.4) is 0 Å². The Kier molecular flexibility index (Phi) is 7.38. The van der Waals surface area contributed by atoms with Gasteiger partial charge in [-0.3, -0.25) is 4.90 Å². The maximum Gasteiger partial charge on any atom is 0.0331 e. The Hall–Kier alpha value is -0.0800. The van der Waals surface area contributed by atoms with Gasteiger partial charge in [0.05, 0.1) is 0 Å². The van der Waals surface area contributed by atoms with Crippen molar-refractivity contribution in [1.82, 2.24) is 4.90 Å². The van der Waals surface area contributed by atoms with E-state index in [1.54, 1.807) is 0 Å². The average molecular weight is 268 g/mol. The van der Waals surface area contributed by atoms with Crippen LogP contribution >= 0.6 is 0 Å². The Labute approximate surface area is 121 Å². The van der Waals surface area contributed by atoms with E-state index in [0.29, 0.717) is 0 Å². The number of nitrogens with two attached hydrogens (primary N) is 1. The number of rotatable bonds is 7. The summed E-state index contributed by atoms with van der Waals surface area (Å²) < 4.78 is 0. The molecule has 0 aromatic heterocycles. The molecule has 0 spiro atoms.